The van der Waals surface area contributed by atoms with E-state index in [0.29, 0.717) is 12.2 Å². The Morgan fingerprint density at radius 1 is 1.17 bits per heavy atom. The molecule has 0 aliphatic heterocycles. The van der Waals surface area contributed by atoms with Gasteiger partial charge < -0.3 is 10.1 Å². The van der Waals surface area contributed by atoms with Gasteiger partial charge in [0.2, 0.25) is 0 Å². The standard InChI is InChI=1S/C16H19F4N3O/c1-15(2,3)13-10(9-22-23-13)8-21-11-4-6-12(7-5-11)24-16(19,20)14(17)18/h4-7,9,14,21H,8H2,1-3H3,(H,22,23). The van der Waals surface area contributed by atoms with Crippen molar-refractivity contribution in [3.63, 3.8) is 0 Å². The first-order valence-electron chi connectivity index (χ1n) is 7.31. The largest absolute Gasteiger partial charge is 0.461 e. The van der Waals surface area contributed by atoms with Crippen LogP contribution in [0.15, 0.2) is 30.5 Å². The monoisotopic (exact) mass is 345 g/mol. The van der Waals surface area contributed by atoms with Crippen molar-refractivity contribution in [1.82, 2.24) is 10.2 Å². The number of halogens is 4. The number of aromatic amines is 1. The second kappa shape index (κ2) is 6.70. The van der Waals surface area contributed by atoms with Crippen molar-refractivity contribution in [3.8, 4) is 5.75 Å². The molecule has 0 bridgehead atoms. The van der Waals surface area contributed by atoms with Gasteiger partial charge in [0.1, 0.15) is 5.75 Å². The molecule has 0 aliphatic rings. The third-order valence-corrected chi connectivity index (χ3v) is 3.31. The van der Waals surface area contributed by atoms with Crippen LogP contribution in [0.3, 0.4) is 0 Å². The zero-order valence-corrected chi connectivity index (χ0v) is 13.5. The van der Waals surface area contributed by atoms with Crippen LogP contribution in [0.4, 0.5) is 23.2 Å². The van der Waals surface area contributed by atoms with E-state index in [1.54, 1.807) is 6.20 Å². The molecular weight excluding hydrogens is 326 g/mol. The summed E-state index contributed by atoms with van der Waals surface area (Å²) < 4.78 is 53.8. The van der Waals surface area contributed by atoms with Crippen LogP contribution >= 0.6 is 0 Å². The minimum atomic E-state index is -4.51. The van der Waals surface area contributed by atoms with E-state index in [1.165, 1.54) is 24.3 Å². The Kier molecular flexibility index (Phi) is 5.05. The maximum Gasteiger partial charge on any atom is 0.461 e. The summed E-state index contributed by atoms with van der Waals surface area (Å²) in [6.45, 7) is 6.65. The van der Waals surface area contributed by atoms with Crippen LogP contribution in [0.5, 0.6) is 5.75 Å². The molecule has 1 aromatic carbocycles. The maximum absolute atomic E-state index is 12.8. The summed E-state index contributed by atoms with van der Waals surface area (Å²) >= 11 is 0. The lowest BCUT2D eigenvalue weighted by atomic mass is 9.89. The first-order chi connectivity index (χ1) is 11.1. The Morgan fingerprint density at radius 2 is 1.79 bits per heavy atom. The second-order valence-corrected chi connectivity index (χ2v) is 6.36. The molecule has 0 unspecified atom stereocenters. The van der Waals surface area contributed by atoms with Gasteiger partial charge in [0.05, 0.1) is 6.20 Å². The van der Waals surface area contributed by atoms with Crippen molar-refractivity contribution in [1.29, 1.82) is 0 Å². The van der Waals surface area contributed by atoms with E-state index < -0.39 is 12.5 Å². The summed E-state index contributed by atoms with van der Waals surface area (Å²) in [5.41, 5.74) is 2.52. The third-order valence-electron chi connectivity index (χ3n) is 3.31. The molecule has 0 saturated carbocycles. The van der Waals surface area contributed by atoms with E-state index in [9.17, 15) is 17.6 Å². The molecule has 1 heterocycles. The Hall–Kier alpha value is -2.25. The summed E-state index contributed by atoms with van der Waals surface area (Å²) in [6.07, 6.45) is -6.67. The molecule has 0 spiro atoms. The van der Waals surface area contributed by atoms with Gasteiger partial charge in [-0.1, -0.05) is 20.8 Å². The maximum atomic E-state index is 12.8. The molecule has 0 radical (unpaired) electrons. The number of benzene rings is 1. The third kappa shape index (κ3) is 4.39. The van der Waals surface area contributed by atoms with Gasteiger partial charge in [0.25, 0.3) is 0 Å². The van der Waals surface area contributed by atoms with Gasteiger partial charge in [-0.2, -0.15) is 22.7 Å². The van der Waals surface area contributed by atoms with E-state index >= 15 is 0 Å². The molecule has 1 aromatic heterocycles. The summed E-state index contributed by atoms with van der Waals surface area (Å²) in [7, 11) is 0. The van der Waals surface area contributed by atoms with E-state index in [0.717, 1.165) is 11.3 Å². The molecule has 4 nitrogen and oxygen atoms in total. The van der Waals surface area contributed by atoms with Crippen molar-refractivity contribution in [2.45, 2.75) is 45.3 Å². The van der Waals surface area contributed by atoms with E-state index in [-0.39, 0.29) is 11.2 Å². The first kappa shape index (κ1) is 18.1. The van der Waals surface area contributed by atoms with Gasteiger partial charge in [-0.25, -0.2) is 0 Å². The van der Waals surface area contributed by atoms with Crippen molar-refractivity contribution in [3.05, 3.63) is 41.7 Å². The summed E-state index contributed by atoms with van der Waals surface area (Å²) in [4.78, 5) is 0. The number of hydrogen-bond donors (Lipinski definition) is 2. The average Bonchev–Trinajstić information content (AvgIpc) is 2.94. The number of H-pyrrole nitrogens is 1. The Bertz CT molecular complexity index is 663. The van der Waals surface area contributed by atoms with Gasteiger partial charge in [0.15, 0.2) is 0 Å². The average molecular weight is 345 g/mol. The summed E-state index contributed by atoms with van der Waals surface area (Å²) in [5, 5.41) is 10.1. The highest BCUT2D eigenvalue weighted by Gasteiger charge is 2.43. The van der Waals surface area contributed by atoms with Crippen LogP contribution in [0.2, 0.25) is 0 Å². The second-order valence-electron chi connectivity index (χ2n) is 6.36. The van der Waals surface area contributed by atoms with E-state index in [1.807, 2.05) is 0 Å². The highest BCUT2D eigenvalue weighted by atomic mass is 19.3. The van der Waals surface area contributed by atoms with Crippen molar-refractivity contribution >= 4 is 5.69 Å². The Balaban J connectivity index is 1.99. The van der Waals surface area contributed by atoms with Crippen LogP contribution in [-0.2, 0) is 12.0 Å². The number of nitrogens with one attached hydrogen (secondary N) is 2. The van der Waals surface area contributed by atoms with Gasteiger partial charge in [0, 0.05) is 28.9 Å². The van der Waals surface area contributed by atoms with Crippen molar-refractivity contribution in [2.75, 3.05) is 5.32 Å². The minimum absolute atomic E-state index is 0.0912. The van der Waals surface area contributed by atoms with Gasteiger partial charge >= 0.3 is 12.5 Å². The summed E-state index contributed by atoms with van der Waals surface area (Å²) in [5.74, 6) is -0.329. The molecule has 132 valence electrons. The van der Waals surface area contributed by atoms with Gasteiger partial charge in [-0.05, 0) is 24.3 Å². The molecule has 0 fully saturated rings. The number of nitrogens with zero attached hydrogens (tertiary/aromatic N) is 1. The van der Waals surface area contributed by atoms with Gasteiger partial charge in [-0.15, -0.1) is 0 Å². The van der Waals surface area contributed by atoms with Crippen molar-refractivity contribution in [2.24, 2.45) is 0 Å². The van der Waals surface area contributed by atoms with Crippen LogP contribution in [-0.4, -0.2) is 22.7 Å². The lowest BCUT2D eigenvalue weighted by molar-refractivity contribution is -0.253. The molecule has 0 atom stereocenters. The lowest BCUT2D eigenvalue weighted by Gasteiger charge is -2.19. The Morgan fingerprint density at radius 3 is 2.33 bits per heavy atom. The van der Waals surface area contributed by atoms with Crippen LogP contribution in [0, 0.1) is 0 Å². The number of alkyl halides is 4. The normalized spacial score (nSPS) is 12.5. The zero-order chi connectivity index (χ0) is 18.0. The molecule has 0 amide bonds. The lowest BCUT2D eigenvalue weighted by Crippen LogP contribution is -2.33. The molecular formula is C16H19F4N3O. The quantitative estimate of drug-likeness (QED) is 0.755. The van der Waals surface area contributed by atoms with Gasteiger partial charge in [-0.3, -0.25) is 5.10 Å². The topological polar surface area (TPSA) is 49.9 Å². The number of rotatable bonds is 6. The fourth-order valence-corrected chi connectivity index (χ4v) is 2.13. The Labute approximate surface area is 137 Å². The number of hydrogen-bond acceptors (Lipinski definition) is 3. The molecule has 2 N–H and O–H groups in total. The molecule has 0 saturated heterocycles. The summed E-state index contributed by atoms with van der Waals surface area (Å²) in [6, 6.07) is 5.37. The predicted molar refractivity (Wildman–Crippen MR) is 82.6 cm³/mol. The fourth-order valence-electron chi connectivity index (χ4n) is 2.13. The highest BCUT2D eigenvalue weighted by Crippen LogP contribution is 2.28. The molecule has 24 heavy (non-hydrogen) atoms. The first-order valence-corrected chi connectivity index (χ1v) is 7.31. The zero-order valence-electron chi connectivity index (χ0n) is 13.5. The fraction of sp³-hybridized carbons (Fsp3) is 0.438. The highest BCUT2D eigenvalue weighted by molar-refractivity contribution is 5.47. The number of aromatic nitrogens is 2. The van der Waals surface area contributed by atoms with Crippen LogP contribution < -0.4 is 10.1 Å². The smallest absolute Gasteiger partial charge is 0.428 e. The molecule has 2 rings (SSSR count). The van der Waals surface area contributed by atoms with Crippen molar-refractivity contribution < 1.29 is 22.3 Å². The molecule has 8 heteroatoms. The van der Waals surface area contributed by atoms with E-state index in [2.05, 4.69) is 41.0 Å². The van der Waals surface area contributed by atoms with E-state index in [4.69, 9.17) is 0 Å². The van der Waals surface area contributed by atoms with Crippen LogP contribution in [0.1, 0.15) is 32.0 Å². The predicted octanol–water partition coefficient (Wildman–Crippen LogP) is 4.56. The minimum Gasteiger partial charge on any atom is -0.428 e. The number of ether oxygens (including phenoxy) is 1. The molecule has 0 aliphatic carbocycles. The SMILES string of the molecule is CC(C)(C)c1[nH]ncc1CNc1ccc(OC(F)(F)C(F)F)cc1. The number of anilines is 1. The molecule has 2 aromatic rings. The van der Waals surface area contributed by atoms with Crippen LogP contribution in [0.25, 0.3) is 0 Å².